The second-order valence-corrected chi connectivity index (χ2v) is 5.37. The van der Waals surface area contributed by atoms with Crippen LogP contribution in [0, 0.1) is 11.8 Å². The van der Waals surface area contributed by atoms with E-state index in [1.165, 1.54) is 0 Å². The molecular formula is C15H25N3O. The lowest BCUT2D eigenvalue weighted by molar-refractivity contribution is 0.0828. The minimum Gasteiger partial charge on any atom is -0.384 e. The number of nitrogens with zero attached hydrogens (tertiary/aromatic N) is 1. The van der Waals surface area contributed by atoms with Crippen LogP contribution < -0.4 is 11.1 Å². The van der Waals surface area contributed by atoms with Crippen LogP contribution in [0.3, 0.4) is 0 Å². The summed E-state index contributed by atoms with van der Waals surface area (Å²) >= 11 is 0. The predicted molar refractivity (Wildman–Crippen MR) is 80.3 cm³/mol. The molecule has 0 bridgehead atoms. The van der Waals surface area contributed by atoms with Gasteiger partial charge in [-0.1, -0.05) is 26.0 Å². The zero-order valence-corrected chi connectivity index (χ0v) is 12.3. The van der Waals surface area contributed by atoms with Crippen LogP contribution >= 0.6 is 0 Å². The second kappa shape index (κ2) is 7.14. The van der Waals surface area contributed by atoms with Crippen molar-refractivity contribution in [2.75, 3.05) is 32.5 Å². The van der Waals surface area contributed by atoms with Gasteiger partial charge in [0.15, 0.2) is 0 Å². The maximum atomic E-state index is 12.1. The highest BCUT2D eigenvalue weighted by molar-refractivity contribution is 5.99. The Morgan fingerprint density at radius 1 is 1.32 bits per heavy atom. The molecule has 0 radical (unpaired) electrons. The highest BCUT2D eigenvalue weighted by Gasteiger charge is 2.15. The Morgan fingerprint density at radius 3 is 2.47 bits per heavy atom. The Balaban J connectivity index is 2.81. The number of anilines is 1. The number of carbonyl (C=O) groups excluding carboxylic acids is 1. The topological polar surface area (TPSA) is 58.4 Å². The molecule has 0 aliphatic rings. The van der Waals surface area contributed by atoms with Gasteiger partial charge in [-0.25, -0.2) is 0 Å². The van der Waals surface area contributed by atoms with E-state index >= 15 is 0 Å². The fourth-order valence-electron chi connectivity index (χ4n) is 1.90. The number of hydrogen-bond donors (Lipinski definition) is 2. The van der Waals surface area contributed by atoms with E-state index in [1.54, 1.807) is 19.0 Å². The summed E-state index contributed by atoms with van der Waals surface area (Å²) in [5.41, 5.74) is 7.34. The molecule has 0 spiro atoms. The van der Waals surface area contributed by atoms with Gasteiger partial charge in [-0.15, -0.1) is 0 Å². The molecule has 4 nitrogen and oxygen atoms in total. The zero-order valence-electron chi connectivity index (χ0n) is 12.3. The summed E-state index contributed by atoms with van der Waals surface area (Å²) in [6.45, 7) is 5.76. The average molecular weight is 263 g/mol. The van der Waals surface area contributed by atoms with Gasteiger partial charge in [-0.3, -0.25) is 4.79 Å². The Bertz CT molecular complexity index is 416. The standard InChI is InChI=1S/C15H25N3O/c1-11(2)12(9-16)10-17-14-8-6-5-7-13(14)15(19)18(3)4/h5-8,11-12,17H,9-10,16H2,1-4H3. The molecule has 0 saturated heterocycles. The van der Waals surface area contributed by atoms with E-state index in [0.717, 1.165) is 12.2 Å². The van der Waals surface area contributed by atoms with Crippen molar-refractivity contribution in [1.29, 1.82) is 0 Å². The number of para-hydroxylation sites is 1. The number of rotatable bonds is 6. The van der Waals surface area contributed by atoms with Crippen LogP contribution in [-0.2, 0) is 0 Å². The van der Waals surface area contributed by atoms with Gasteiger partial charge in [0.05, 0.1) is 5.56 Å². The molecule has 1 rings (SSSR count). The summed E-state index contributed by atoms with van der Waals surface area (Å²) in [7, 11) is 3.52. The SMILES string of the molecule is CC(C)C(CN)CNc1ccccc1C(=O)N(C)C. The van der Waals surface area contributed by atoms with Crippen molar-refractivity contribution in [1.82, 2.24) is 4.90 Å². The van der Waals surface area contributed by atoms with Gasteiger partial charge in [0.1, 0.15) is 0 Å². The number of amides is 1. The number of nitrogens with two attached hydrogens (primary N) is 1. The van der Waals surface area contributed by atoms with Crippen LogP contribution in [-0.4, -0.2) is 38.0 Å². The monoisotopic (exact) mass is 263 g/mol. The van der Waals surface area contributed by atoms with E-state index in [0.29, 0.717) is 23.9 Å². The maximum absolute atomic E-state index is 12.1. The number of benzene rings is 1. The van der Waals surface area contributed by atoms with Gasteiger partial charge in [0.2, 0.25) is 0 Å². The predicted octanol–water partition coefficient (Wildman–Crippen LogP) is 2.03. The Kier molecular flexibility index (Phi) is 5.83. The zero-order chi connectivity index (χ0) is 14.4. The van der Waals surface area contributed by atoms with Gasteiger partial charge in [0.25, 0.3) is 5.91 Å². The van der Waals surface area contributed by atoms with E-state index in [9.17, 15) is 4.79 Å². The van der Waals surface area contributed by atoms with Crippen molar-refractivity contribution in [2.45, 2.75) is 13.8 Å². The lowest BCUT2D eigenvalue weighted by Gasteiger charge is -2.21. The lowest BCUT2D eigenvalue weighted by atomic mass is 9.96. The van der Waals surface area contributed by atoms with Crippen LogP contribution in [0.1, 0.15) is 24.2 Å². The van der Waals surface area contributed by atoms with Crippen LogP contribution in [0.5, 0.6) is 0 Å². The van der Waals surface area contributed by atoms with Gasteiger partial charge < -0.3 is 16.0 Å². The molecule has 1 unspecified atom stereocenters. The van der Waals surface area contributed by atoms with E-state index in [2.05, 4.69) is 19.2 Å². The summed E-state index contributed by atoms with van der Waals surface area (Å²) < 4.78 is 0. The van der Waals surface area contributed by atoms with Gasteiger partial charge in [0, 0.05) is 26.3 Å². The fourth-order valence-corrected chi connectivity index (χ4v) is 1.90. The largest absolute Gasteiger partial charge is 0.384 e. The van der Waals surface area contributed by atoms with Gasteiger partial charge in [-0.05, 0) is 30.5 Å². The maximum Gasteiger partial charge on any atom is 0.255 e. The first-order valence-corrected chi connectivity index (χ1v) is 6.72. The molecule has 0 heterocycles. The number of nitrogens with one attached hydrogen (secondary N) is 1. The second-order valence-electron chi connectivity index (χ2n) is 5.37. The first-order chi connectivity index (χ1) is 8.97. The molecule has 1 amide bonds. The van der Waals surface area contributed by atoms with Gasteiger partial charge >= 0.3 is 0 Å². The van der Waals surface area contributed by atoms with E-state index in [1.807, 2.05) is 24.3 Å². The normalized spacial score (nSPS) is 12.3. The highest BCUT2D eigenvalue weighted by Crippen LogP contribution is 2.18. The molecule has 0 fully saturated rings. The average Bonchev–Trinajstić information content (AvgIpc) is 2.38. The molecule has 0 aromatic heterocycles. The molecular weight excluding hydrogens is 238 g/mol. The summed E-state index contributed by atoms with van der Waals surface area (Å²) in [4.78, 5) is 13.7. The minimum absolute atomic E-state index is 0.0111. The van der Waals surface area contributed by atoms with Crippen molar-refractivity contribution in [3.63, 3.8) is 0 Å². The van der Waals surface area contributed by atoms with E-state index < -0.39 is 0 Å². The lowest BCUT2D eigenvalue weighted by Crippen LogP contribution is -2.28. The Morgan fingerprint density at radius 2 is 1.95 bits per heavy atom. The third-order valence-electron chi connectivity index (χ3n) is 3.36. The van der Waals surface area contributed by atoms with E-state index in [-0.39, 0.29) is 5.91 Å². The van der Waals surface area contributed by atoms with Crippen molar-refractivity contribution in [3.05, 3.63) is 29.8 Å². The molecule has 0 aliphatic carbocycles. The highest BCUT2D eigenvalue weighted by atomic mass is 16.2. The van der Waals surface area contributed by atoms with Crippen molar-refractivity contribution in [2.24, 2.45) is 17.6 Å². The third-order valence-corrected chi connectivity index (χ3v) is 3.36. The number of hydrogen-bond acceptors (Lipinski definition) is 3. The Hall–Kier alpha value is -1.55. The van der Waals surface area contributed by atoms with Crippen LogP contribution in [0.15, 0.2) is 24.3 Å². The van der Waals surface area contributed by atoms with Crippen molar-refractivity contribution < 1.29 is 4.79 Å². The van der Waals surface area contributed by atoms with Gasteiger partial charge in [-0.2, -0.15) is 0 Å². The van der Waals surface area contributed by atoms with E-state index in [4.69, 9.17) is 5.73 Å². The molecule has 3 N–H and O–H groups in total. The van der Waals surface area contributed by atoms with Crippen molar-refractivity contribution >= 4 is 11.6 Å². The van der Waals surface area contributed by atoms with Crippen LogP contribution in [0.2, 0.25) is 0 Å². The number of carbonyl (C=O) groups is 1. The minimum atomic E-state index is 0.0111. The molecule has 0 aliphatic heterocycles. The quantitative estimate of drug-likeness (QED) is 0.825. The third kappa shape index (κ3) is 4.24. The molecule has 0 saturated carbocycles. The van der Waals surface area contributed by atoms with Crippen LogP contribution in [0.4, 0.5) is 5.69 Å². The summed E-state index contributed by atoms with van der Waals surface area (Å²) in [6.07, 6.45) is 0. The fraction of sp³-hybridized carbons (Fsp3) is 0.533. The molecule has 1 aromatic carbocycles. The molecule has 19 heavy (non-hydrogen) atoms. The molecule has 106 valence electrons. The van der Waals surface area contributed by atoms with Crippen molar-refractivity contribution in [3.8, 4) is 0 Å². The summed E-state index contributed by atoms with van der Waals surface area (Å²) in [5.74, 6) is 0.939. The molecule has 1 atom stereocenters. The first kappa shape index (κ1) is 15.5. The summed E-state index contributed by atoms with van der Waals surface area (Å²) in [6, 6.07) is 7.59. The molecule has 4 heteroatoms. The Labute approximate surface area is 116 Å². The first-order valence-electron chi connectivity index (χ1n) is 6.72. The molecule has 1 aromatic rings. The summed E-state index contributed by atoms with van der Waals surface area (Å²) in [5, 5.41) is 3.35. The smallest absolute Gasteiger partial charge is 0.255 e. The van der Waals surface area contributed by atoms with Crippen LogP contribution in [0.25, 0.3) is 0 Å².